The lowest BCUT2D eigenvalue weighted by molar-refractivity contribution is -0.143. The summed E-state index contributed by atoms with van der Waals surface area (Å²) in [6, 6.07) is -0.641. The number of carbonyl (C=O) groups excluding carboxylic acids is 2. The Balaban J connectivity index is 3.53. The van der Waals surface area contributed by atoms with Crippen molar-refractivity contribution >= 4 is 11.9 Å². The topological polar surface area (TPSA) is 95.9 Å². The number of unbranched alkanes of at least 4 members (excludes halogenated alkanes) is 41. The predicted molar refractivity (Wildman–Crippen MR) is 296 cm³/mol. The number of aliphatic hydroxyl groups excluding tert-OH is 2. The molecule has 0 radical (unpaired) electrons. The fourth-order valence-corrected chi connectivity index (χ4v) is 9.25. The van der Waals surface area contributed by atoms with Crippen molar-refractivity contribution in [3.8, 4) is 0 Å². The third-order valence-corrected chi connectivity index (χ3v) is 13.9. The van der Waals surface area contributed by atoms with Crippen molar-refractivity contribution in [1.29, 1.82) is 0 Å². The quantitative estimate of drug-likeness (QED) is 0.0321. The molecule has 0 aromatic heterocycles. The minimum Gasteiger partial charge on any atom is -0.466 e. The van der Waals surface area contributed by atoms with Gasteiger partial charge in [-0.25, -0.2) is 0 Å². The Labute approximate surface area is 424 Å². The van der Waals surface area contributed by atoms with Gasteiger partial charge in [0.15, 0.2) is 0 Å². The Hall–Kier alpha value is -1.92. The van der Waals surface area contributed by atoms with E-state index in [0.717, 1.165) is 83.5 Å². The average molecular weight is 957 g/mol. The highest BCUT2D eigenvalue weighted by Gasteiger charge is 2.18. The number of allylic oxidation sites excluding steroid dienone is 5. The Morgan fingerprint density at radius 3 is 1.12 bits per heavy atom. The molecule has 0 aromatic rings. The van der Waals surface area contributed by atoms with Gasteiger partial charge < -0.3 is 20.3 Å². The number of aliphatic hydroxyl groups is 2. The van der Waals surface area contributed by atoms with Gasteiger partial charge in [0, 0.05) is 12.8 Å². The van der Waals surface area contributed by atoms with Gasteiger partial charge in [0.25, 0.3) is 0 Å². The molecule has 1 amide bonds. The normalized spacial score (nSPS) is 12.8. The first-order valence-electron chi connectivity index (χ1n) is 30.3. The third-order valence-electron chi connectivity index (χ3n) is 13.9. The molecule has 0 aliphatic rings. The smallest absolute Gasteiger partial charge is 0.305 e. The van der Waals surface area contributed by atoms with E-state index in [0.29, 0.717) is 19.4 Å². The number of esters is 1. The van der Waals surface area contributed by atoms with E-state index in [9.17, 15) is 19.8 Å². The van der Waals surface area contributed by atoms with Crippen molar-refractivity contribution in [3.63, 3.8) is 0 Å². The van der Waals surface area contributed by atoms with Gasteiger partial charge in [0.2, 0.25) is 5.91 Å². The summed E-state index contributed by atoms with van der Waals surface area (Å²) in [6.45, 7) is 4.87. The number of hydrogen-bond acceptors (Lipinski definition) is 5. The SMILES string of the molecule is CCCCCCCCCCCCCCCCCCCCCC/C=C/C(O)C(CO)NC(=O)CCCCCCCCC/C=C\C/C=C\CCCCCOC(=O)CCCCCCCCCCCCCC. The van der Waals surface area contributed by atoms with Crippen LogP contribution in [-0.2, 0) is 14.3 Å². The number of hydrogen-bond donors (Lipinski definition) is 3. The van der Waals surface area contributed by atoms with Gasteiger partial charge in [-0.1, -0.05) is 275 Å². The van der Waals surface area contributed by atoms with Crippen LogP contribution >= 0.6 is 0 Å². The van der Waals surface area contributed by atoms with Gasteiger partial charge in [-0.3, -0.25) is 9.59 Å². The molecule has 0 fully saturated rings. The van der Waals surface area contributed by atoms with E-state index in [1.165, 1.54) is 212 Å². The Bertz CT molecular complexity index is 1100. The first-order chi connectivity index (χ1) is 33.5. The second-order valence-electron chi connectivity index (χ2n) is 20.7. The summed E-state index contributed by atoms with van der Waals surface area (Å²) in [5, 5.41) is 23.2. The van der Waals surface area contributed by atoms with E-state index < -0.39 is 12.1 Å². The summed E-state index contributed by atoms with van der Waals surface area (Å²) < 4.78 is 5.44. The van der Waals surface area contributed by atoms with Gasteiger partial charge in [0.05, 0.1) is 25.4 Å². The molecule has 2 unspecified atom stereocenters. The monoisotopic (exact) mass is 956 g/mol. The van der Waals surface area contributed by atoms with Crippen molar-refractivity contribution in [1.82, 2.24) is 5.32 Å². The van der Waals surface area contributed by atoms with Gasteiger partial charge in [-0.05, 0) is 70.6 Å². The molecular weight excluding hydrogens is 839 g/mol. The van der Waals surface area contributed by atoms with Crippen molar-refractivity contribution in [2.45, 2.75) is 334 Å². The second-order valence-corrected chi connectivity index (χ2v) is 20.7. The van der Waals surface area contributed by atoms with E-state index in [2.05, 4.69) is 43.5 Å². The highest BCUT2D eigenvalue weighted by atomic mass is 16.5. The number of carbonyl (C=O) groups is 2. The molecule has 400 valence electrons. The minimum atomic E-state index is -0.856. The molecule has 0 bridgehead atoms. The highest BCUT2D eigenvalue weighted by molar-refractivity contribution is 5.76. The van der Waals surface area contributed by atoms with Gasteiger partial charge in [-0.15, -0.1) is 0 Å². The lowest BCUT2D eigenvalue weighted by Crippen LogP contribution is -2.45. The van der Waals surface area contributed by atoms with Crippen molar-refractivity contribution in [2.24, 2.45) is 0 Å². The van der Waals surface area contributed by atoms with E-state index in [1.807, 2.05) is 6.08 Å². The van der Waals surface area contributed by atoms with Crippen LogP contribution in [0.5, 0.6) is 0 Å². The number of amides is 1. The number of nitrogens with one attached hydrogen (secondary N) is 1. The molecule has 0 aliphatic heterocycles. The van der Waals surface area contributed by atoms with Gasteiger partial charge in [-0.2, -0.15) is 0 Å². The molecule has 0 aliphatic carbocycles. The average Bonchev–Trinajstić information content (AvgIpc) is 3.34. The van der Waals surface area contributed by atoms with E-state index >= 15 is 0 Å². The fraction of sp³-hybridized carbons (Fsp3) is 0.871. The molecule has 6 heteroatoms. The molecular formula is C62H117NO5. The van der Waals surface area contributed by atoms with Crippen molar-refractivity contribution < 1.29 is 24.5 Å². The Kier molecular flexibility index (Phi) is 56.0. The zero-order valence-corrected chi connectivity index (χ0v) is 45.6. The molecule has 0 heterocycles. The molecule has 3 N–H and O–H groups in total. The zero-order valence-electron chi connectivity index (χ0n) is 45.6. The maximum Gasteiger partial charge on any atom is 0.305 e. The second kappa shape index (κ2) is 57.7. The Morgan fingerprint density at radius 1 is 0.412 bits per heavy atom. The molecule has 0 saturated carbocycles. The van der Waals surface area contributed by atoms with Crippen LogP contribution in [0.2, 0.25) is 0 Å². The molecule has 0 aromatic carbocycles. The van der Waals surface area contributed by atoms with Gasteiger partial charge in [0.1, 0.15) is 0 Å². The van der Waals surface area contributed by atoms with Crippen LogP contribution in [0.4, 0.5) is 0 Å². The largest absolute Gasteiger partial charge is 0.466 e. The van der Waals surface area contributed by atoms with Crippen LogP contribution in [-0.4, -0.2) is 47.4 Å². The van der Waals surface area contributed by atoms with Crippen LogP contribution in [0.15, 0.2) is 36.5 Å². The lowest BCUT2D eigenvalue weighted by atomic mass is 10.0. The summed E-state index contributed by atoms with van der Waals surface area (Å²) in [4.78, 5) is 24.5. The molecule has 0 saturated heterocycles. The fourth-order valence-electron chi connectivity index (χ4n) is 9.25. The third kappa shape index (κ3) is 53.4. The summed E-state index contributed by atoms with van der Waals surface area (Å²) in [6.07, 6.45) is 71.8. The highest BCUT2D eigenvalue weighted by Crippen LogP contribution is 2.17. The van der Waals surface area contributed by atoms with Crippen molar-refractivity contribution in [3.05, 3.63) is 36.5 Å². The van der Waals surface area contributed by atoms with Crippen molar-refractivity contribution in [2.75, 3.05) is 13.2 Å². The van der Waals surface area contributed by atoms with Crippen LogP contribution < -0.4 is 5.32 Å². The first-order valence-corrected chi connectivity index (χ1v) is 30.3. The van der Waals surface area contributed by atoms with E-state index in [-0.39, 0.29) is 18.5 Å². The molecule has 6 nitrogen and oxygen atoms in total. The molecule has 2 atom stereocenters. The van der Waals surface area contributed by atoms with Crippen LogP contribution in [0.25, 0.3) is 0 Å². The Morgan fingerprint density at radius 2 is 0.735 bits per heavy atom. The lowest BCUT2D eigenvalue weighted by Gasteiger charge is -2.20. The molecule has 0 spiro atoms. The predicted octanol–water partition coefficient (Wildman–Crippen LogP) is 18.8. The summed E-state index contributed by atoms with van der Waals surface area (Å²) in [5.74, 6) is -0.0972. The maximum atomic E-state index is 12.5. The zero-order chi connectivity index (χ0) is 49.3. The summed E-state index contributed by atoms with van der Waals surface area (Å²) in [7, 11) is 0. The van der Waals surface area contributed by atoms with Crippen LogP contribution in [0.3, 0.4) is 0 Å². The summed E-state index contributed by atoms with van der Waals surface area (Å²) in [5.41, 5.74) is 0. The van der Waals surface area contributed by atoms with E-state index in [4.69, 9.17) is 4.74 Å². The standard InChI is InChI=1S/C62H117NO5/c1-3-5-7-9-11-13-15-17-18-19-20-21-22-23-25-28-31-34-38-42-46-50-54-60(65)59(58-64)63-61(66)55-51-47-43-39-35-32-29-26-24-27-30-33-37-41-45-49-53-57-68-62(67)56-52-48-44-40-36-16-14-12-10-8-6-4-2/h24,27,33,37,50,54,59-60,64-65H,3-23,25-26,28-32,34-36,38-49,51-53,55-58H2,1-2H3,(H,63,66)/b27-24-,37-33-,54-50+. The van der Waals surface area contributed by atoms with Crippen LogP contribution in [0, 0.1) is 0 Å². The number of ether oxygens (including phenoxy) is 1. The van der Waals surface area contributed by atoms with Gasteiger partial charge >= 0.3 is 5.97 Å². The molecule has 68 heavy (non-hydrogen) atoms. The number of rotatable bonds is 56. The van der Waals surface area contributed by atoms with E-state index in [1.54, 1.807) is 6.08 Å². The minimum absolute atomic E-state index is 0.0156. The molecule has 0 rings (SSSR count). The summed E-state index contributed by atoms with van der Waals surface area (Å²) >= 11 is 0. The van der Waals surface area contributed by atoms with Crippen LogP contribution in [0.1, 0.15) is 322 Å². The maximum absolute atomic E-state index is 12.5. The first kappa shape index (κ1) is 66.1.